The maximum absolute atomic E-state index is 11.3. The summed E-state index contributed by atoms with van der Waals surface area (Å²) >= 11 is 0. The molecule has 4 nitrogen and oxygen atoms in total. The highest BCUT2D eigenvalue weighted by atomic mass is 16.5. The molecule has 238 valence electrons. The van der Waals surface area contributed by atoms with Crippen molar-refractivity contribution >= 4 is 5.78 Å². The molecule has 0 aromatic heterocycles. The SMILES string of the molecule is CC(C)CCCOCC(C)C.CC(C)CCCOCCCC(=O)C(C)C.CC(C)CCCOCCCC(C)C. The first-order valence-corrected chi connectivity index (χ1v) is 16.5. The van der Waals surface area contributed by atoms with Crippen LogP contribution in [0.3, 0.4) is 0 Å². The van der Waals surface area contributed by atoms with Gasteiger partial charge in [0.2, 0.25) is 0 Å². The molecule has 0 amide bonds. The van der Waals surface area contributed by atoms with Crippen molar-refractivity contribution in [1.82, 2.24) is 0 Å². The van der Waals surface area contributed by atoms with Gasteiger partial charge < -0.3 is 14.2 Å². The molecule has 0 aromatic carbocycles. The Hall–Kier alpha value is -0.450. The van der Waals surface area contributed by atoms with Gasteiger partial charge in [-0.25, -0.2) is 0 Å². The Morgan fingerprint density at radius 1 is 0.436 bits per heavy atom. The molecule has 0 aliphatic heterocycles. The summed E-state index contributed by atoms with van der Waals surface area (Å²) < 4.78 is 16.4. The van der Waals surface area contributed by atoms with Gasteiger partial charge in [-0.15, -0.1) is 0 Å². The van der Waals surface area contributed by atoms with E-state index < -0.39 is 0 Å². The van der Waals surface area contributed by atoms with E-state index in [1.54, 1.807) is 0 Å². The third kappa shape index (κ3) is 47.7. The van der Waals surface area contributed by atoms with E-state index >= 15 is 0 Å². The van der Waals surface area contributed by atoms with Gasteiger partial charge in [-0.2, -0.15) is 0 Å². The molecule has 0 heterocycles. The van der Waals surface area contributed by atoms with E-state index in [0.717, 1.165) is 76.2 Å². The molecule has 0 bridgehead atoms. The number of ether oxygens (including phenoxy) is 3. The van der Waals surface area contributed by atoms with Gasteiger partial charge in [-0.3, -0.25) is 4.79 Å². The first-order chi connectivity index (χ1) is 18.3. The van der Waals surface area contributed by atoms with Crippen LogP contribution in [0.1, 0.15) is 147 Å². The van der Waals surface area contributed by atoms with Gasteiger partial charge in [0.1, 0.15) is 5.78 Å². The van der Waals surface area contributed by atoms with Crippen LogP contribution in [0.5, 0.6) is 0 Å². The molecule has 0 spiro atoms. The smallest absolute Gasteiger partial charge is 0.135 e. The second kappa shape index (κ2) is 32.1. The van der Waals surface area contributed by atoms with Crippen LogP contribution in [0.2, 0.25) is 0 Å². The topological polar surface area (TPSA) is 44.8 Å². The van der Waals surface area contributed by atoms with Gasteiger partial charge in [0.05, 0.1) is 0 Å². The number of hydrogen-bond donors (Lipinski definition) is 0. The summed E-state index contributed by atoms with van der Waals surface area (Å²) in [5.41, 5.74) is 0. The third-order valence-corrected chi connectivity index (χ3v) is 6.09. The van der Waals surface area contributed by atoms with E-state index in [0.29, 0.717) is 18.1 Å². The first-order valence-electron chi connectivity index (χ1n) is 16.5. The van der Waals surface area contributed by atoms with Crippen molar-refractivity contribution in [3.63, 3.8) is 0 Å². The van der Waals surface area contributed by atoms with Gasteiger partial charge in [0, 0.05) is 52.0 Å². The van der Waals surface area contributed by atoms with E-state index in [2.05, 4.69) is 69.2 Å². The molecule has 0 fully saturated rings. The summed E-state index contributed by atoms with van der Waals surface area (Å²) in [4.78, 5) is 11.3. The number of rotatable bonds is 23. The summed E-state index contributed by atoms with van der Waals surface area (Å²) in [6.45, 7) is 31.6. The average molecular weight is 559 g/mol. The summed E-state index contributed by atoms with van der Waals surface area (Å²) in [6, 6.07) is 0. The van der Waals surface area contributed by atoms with E-state index in [1.807, 2.05) is 13.8 Å². The fraction of sp³-hybridized carbons (Fsp3) is 0.971. The Morgan fingerprint density at radius 3 is 1.03 bits per heavy atom. The number of carbonyl (C=O) groups excluding carboxylic acids is 1. The van der Waals surface area contributed by atoms with Crippen LogP contribution in [0.25, 0.3) is 0 Å². The predicted octanol–water partition coefficient (Wildman–Crippen LogP) is 10.4. The van der Waals surface area contributed by atoms with Crippen LogP contribution in [-0.4, -0.2) is 45.4 Å². The Kier molecular flexibility index (Phi) is 35.4. The molecule has 0 aromatic rings. The van der Waals surface area contributed by atoms with Crippen molar-refractivity contribution in [2.24, 2.45) is 35.5 Å². The lowest BCUT2D eigenvalue weighted by atomic mass is 10.1. The molecule has 4 heteroatoms. The van der Waals surface area contributed by atoms with Gasteiger partial charge in [0.25, 0.3) is 0 Å². The second-order valence-corrected chi connectivity index (χ2v) is 13.6. The summed E-state index contributed by atoms with van der Waals surface area (Å²) in [5, 5.41) is 0. The molecule has 0 rings (SSSR count). The van der Waals surface area contributed by atoms with Crippen molar-refractivity contribution in [2.75, 3.05) is 39.6 Å². The van der Waals surface area contributed by atoms with Gasteiger partial charge >= 0.3 is 0 Å². The van der Waals surface area contributed by atoms with Crippen LogP contribution < -0.4 is 0 Å². The Bertz CT molecular complexity index is 447. The fourth-order valence-corrected chi connectivity index (χ4v) is 3.53. The zero-order chi connectivity index (χ0) is 30.5. The molecule has 39 heavy (non-hydrogen) atoms. The molecular weight excluding hydrogens is 484 g/mol. The Morgan fingerprint density at radius 2 is 0.744 bits per heavy atom. The minimum atomic E-state index is 0.172. The lowest BCUT2D eigenvalue weighted by Gasteiger charge is -2.07. The second-order valence-electron chi connectivity index (χ2n) is 13.6. The van der Waals surface area contributed by atoms with Gasteiger partial charge in [-0.1, -0.05) is 83.1 Å². The third-order valence-electron chi connectivity index (χ3n) is 6.09. The average Bonchev–Trinajstić information content (AvgIpc) is 2.82. The molecule has 0 unspecified atom stereocenters. The zero-order valence-corrected chi connectivity index (χ0v) is 28.9. The largest absolute Gasteiger partial charge is 0.381 e. The maximum Gasteiger partial charge on any atom is 0.135 e. The van der Waals surface area contributed by atoms with E-state index in [9.17, 15) is 4.79 Å². The number of carbonyl (C=O) groups is 1. The molecule has 0 aliphatic carbocycles. The minimum absolute atomic E-state index is 0.172. The van der Waals surface area contributed by atoms with Crippen molar-refractivity contribution in [2.45, 2.75) is 147 Å². The molecule has 0 radical (unpaired) electrons. The van der Waals surface area contributed by atoms with Crippen LogP contribution in [-0.2, 0) is 19.0 Å². The van der Waals surface area contributed by atoms with Gasteiger partial charge in [0.15, 0.2) is 0 Å². The van der Waals surface area contributed by atoms with E-state index in [-0.39, 0.29) is 5.92 Å². The summed E-state index contributed by atoms with van der Waals surface area (Å²) in [6.07, 6.45) is 11.4. The predicted molar refractivity (Wildman–Crippen MR) is 173 cm³/mol. The maximum atomic E-state index is 11.3. The molecule has 0 aliphatic rings. The molecule has 0 saturated heterocycles. The quantitative estimate of drug-likeness (QED) is 0.117. The normalized spacial score (nSPS) is 11.4. The lowest BCUT2D eigenvalue weighted by Crippen LogP contribution is -2.08. The zero-order valence-electron chi connectivity index (χ0n) is 28.9. The highest BCUT2D eigenvalue weighted by Gasteiger charge is 2.06. The molecule has 0 N–H and O–H groups in total. The molecule has 0 atom stereocenters. The van der Waals surface area contributed by atoms with E-state index in [1.165, 1.54) is 44.9 Å². The van der Waals surface area contributed by atoms with Crippen molar-refractivity contribution in [3.05, 3.63) is 0 Å². The van der Waals surface area contributed by atoms with Crippen LogP contribution >= 0.6 is 0 Å². The lowest BCUT2D eigenvalue weighted by molar-refractivity contribution is -0.122. The molecular formula is C35H74O4. The summed E-state index contributed by atoms with van der Waals surface area (Å²) in [7, 11) is 0. The van der Waals surface area contributed by atoms with Crippen molar-refractivity contribution in [1.29, 1.82) is 0 Å². The Balaban J connectivity index is -0.000000505. The van der Waals surface area contributed by atoms with Crippen molar-refractivity contribution in [3.8, 4) is 0 Å². The standard InChI is InChI=1S/C13H26O2.C12H26O.C10H22O/c1-11(2)7-5-9-15-10-6-8-13(14)12(3)4;1-11(2)7-5-9-13-10-6-8-12(3)4;1-9(2)6-5-7-11-8-10(3)4/h11-12H,5-10H2,1-4H3;11-12H,5-10H2,1-4H3;9-10H,5-8H2,1-4H3. The minimum Gasteiger partial charge on any atom is -0.381 e. The monoisotopic (exact) mass is 559 g/mol. The first kappa shape index (κ1) is 43.0. The van der Waals surface area contributed by atoms with Crippen LogP contribution in [0, 0.1) is 35.5 Å². The van der Waals surface area contributed by atoms with Crippen LogP contribution in [0.4, 0.5) is 0 Å². The Labute approximate surface area is 247 Å². The highest BCUT2D eigenvalue weighted by molar-refractivity contribution is 5.80. The number of ketones is 1. The number of hydrogen-bond acceptors (Lipinski definition) is 4. The number of Topliss-reactive ketones (excluding diaryl/α,β-unsaturated/α-hetero) is 1. The van der Waals surface area contributed by atoms with Crippen molar-refractivity contribution < 1.29 is 19.0 Å². The molecule has 0 saturated carbocycles. The fourth-order valence-electron chi connectivity index (χ4n) is 3.53. The summed E-state index contributed by atoms with van der Waals surface area (Å²) in [5.74, 6) is 4.41. The highest BCUT2D eigenvalue weighted by Crippen LogP contribution is 2.07. The van der Waals surface area contributed by atoms with E-state index in [4.69, 9.17) is 14.2 Å². The van der Waals surface area contributed by atoms with Crippen LogP contribution in [0.15, 0.2) is 0 Å². The van der Waals surface area contributed by atoms with Gasteiger partial charge in [-0.05, 0) is 87.4 Å².